The first-order valence-corrected chi connectivity index (χ1v) is 5.36. The highest BCUT2D eigenvalue weighted by Gasteiger charge is 2.14. The number of nitrogens with one attached hydrogen (secondary N) is 1. The molecule has 1 aliphatic heterocycles. The highest BCUT2D eigenvalue weighted by molar-refractivity contribution is 5.59. The van der Waals surface area contributed by atoms with Crippen LogP contribution < -0.4 is 11.1 Å². The molecule has 1 saturated heterocycles. The minimum absolute atomic E-state index is 0.583. The van der Waals surface area contributed by atoms with Gasteiger partial charge in [0.2, 0.25) is 0 Å². The molecule has 0 aromatic carbocycles. The Labute approximate surface area is 89.6 Å². The van der Waals surface area contributed by atoms with Crippen molar-refractivity contribution in [1.29, 1.82) is 0 Å². The van der Waals surface area contributed by atoms with E-state index in [-0.39, 0.29) is 0 Å². The number of aryl methyl sites for hydroxylation is 1. The largest absolute Gasteiger partial charge is 0.394 e. The van der Waals surface area contributed by atoms with E-state index in [2.05, 4.69) is 10.4 Å². The minimum atomic E-state index is 0.583. The van der Waals surface area contributed by atoms with Gasteiger partial charge in [-0.1, -0.05) is 0 Å². The summed E-state index contributed by atoms with van der Waals surface area (Å²) in [4.78, 5) is 0. The zero-order valence-corrected chi connectivity index (χ0v) is 9.07. The van der Waals surface area contributed by atoms with Gasteiger partial charge in [0.05, 0.1) is 12.3 Å². The lowest BCUT2D eigenvalue weighted by molar-refractivity contribution is 0.0595. The third-order valence-corrected chi connectivity index (χ3v) is 2.67. The van der Waals surface area contributed by atoms with E-state index in [1.54, 1.807) is 10.9 Å². The molecule has 1 aromatic heterocycles. The maximum Gasteiger partial charge on any atom is 0.171 e. The van der Waals surface area contributed by atoms with Crippen LogP contribution in [0.1, 0.15) is 12.8 Å². The average Bonchev–Trinajstić information content (AvgIpc) is 2.56. The standard InChI is InChI=1S/C10H18N4O/c1-14-6-9(11)10(13-14)12-5-8-3-2-4-15-7-8/h6,8H,2-5,7,11H2,1H3,(H,12,13). The van der Waals surface area contributed by atoms with Gasteiger partial charge in [-0.3, -0.25) is 4.68 Å². The lowest BCUT2D eigenvalue weighted by atomic mass is 10.0. The molecule has 0 radical (unpaired) electrons. The molecule has 0 bridgehead atoms. The van der Waals surface area contributed by atoms with Gasteiger partial charge in [-0.15, -0.1) is 0 Å². The Hall–Kier alpha value is -1.23. The van der Waals surface area contributed by atoms with Crippen LogP contribution in [0.4, 0.5) is 11.5 Å². The number of nitrogen functional groups attached to an aromatic ring is 1. The SMILES string of the molecule is Cn1cc(N)c(NCC2CCCOC2)n1. The van der Waals surface area contributed by atoms with Crippen molar-refractivity contribution in [3.63, 3.8) is 0 Å². The highest BCUT2D eigenvalue weighted by atomic mass is 16.5. The summed E-state index contributed by atoms with van der Waals surface area (Å²) >= 11 is 0. The normalized spacial score (nSPS) is 21.5. The predicted octanol–water partition coefficient (Wildman–Crippen LogP) is 0.841. The first kappa shape index (κ1) is 10.3. The van der Waals surface area contributed by atoms with E-state index in [1.807, 2.05) is 7.05 Å². The molecule has 5 nitrogen and oxygen atoms in total. The van der Waals surface area contributed by atoms with Crippen LogP contribution in [0, 0.1) is 5.92 Å². The van der Waals surface area contributed by atoms with Crippen molar-refractivity contribution in [3.8, 4) is 0 Å². The summed E-state index contributed by atoms with van der Waals surface area (Å²) in [5.41, 5.74) is 6.48. The fraction of sp³-hybridized carbons (Fsp3) is 0.700. The van der Waals surface area contributed by atoms with Crippen LogP contribution >= 0.6 is 0 Å². The van der Waals surface area contributed by atoms with E-state index in [0.29, 0.717) is 11.6 Å². The van der Waals surface area contributed by atoms with E-state index in [9.17, 15) is 0 Å². The summed E-state index contributed by atoms with van der Waals surface area (Å²) in [7, 11) is 1.87. The monoisotopic (exact) mass is 210 g/mol. The molecule has 15 heavy (non-hydrogen) atoms. The van der Waals surface area contributed by atoms with Gasteiger partial charge in [-0.25, -0.2) is 0 Å². The Bertz CT molecular complexity index is 317. The third-order valence-electron chi connectivity index (χ3n) is 2.67. The molecule has 84 valence electrons. The highest BCUT2D eigenvalue weighted by Crippen LogP contribution is 2.17. The van der Waals surface area contributed by atoms with Crippen molar-refractivity contribution in [3.05, 3.63) is 6.20 Å². The van der Waals surface area contributed by atoms with Gasteiger partial charge in [0.15, 0.2) is 5.82 Å². The number of aromatic nitrogens is 2. The van der Waals surface area contributed by atoms with E-state index in [4.69, 9.17) is 10.5 Å². The predicted molar refractivity (Wildman–Crippen MR) is 59.7 cm³/mol. The van der Waals surface area contributed by atoms with Crippen molar-refractivity contribution in [1.82, 2.24) is 9.78 Å². The molecule has 0 saturated carbocycles. The third kappa shape index (κ3) is 2.62. The van der Waals surface area contributed by atoms with Crippen molar-refractivity contribution in [2.75, 3.05) is 30.8 Å². The number of nitrogens with zero attached hydrogens (tertiary/aromatic N) is 2. The van der Waals surface area contributed by atoms with Gasteiger partial charge in [-0.2, -0.15) is 5.10 Å². The topological polar surface area (TPSA) is 65.1 Å². The van der Waals surface area contributed by atoms with Crippen LogP contribution in [-0.2, 0) is 11.8 Å². The van der Waals surface area contributed by atoms with Crippen LogP contribution in [0.5, 0.6) is 0 Å². The number of anilines is 2. The quantitative estimate of drug-likeness (QED) is 0.776. The molecule has 1 unspecified atom stereocenters. The number of hydrogen-bond donors (Lipinski definition) is 2. The number of rotatable bonds is 3. The Kier molecular flexibility index (Phi) is 3.11. The molecule has 0 amide bonds. The molecule has 1 fully saturated rings. The molecule has 0 aliphatic carbocycles. The van der Waals surface area contributed by atoms with Gasteiger partial charge in [0.1, 0.15) is 0 Å². The first-order valence-electron chi connectivity index (χ1n) is 5.36. The van der Waals surface area contributed by atoms with E-state index in [0.717, 1.165) is 32.0 Å². The summed E-state index contributed by atoms with van der Waals surface area (Å²) in [5.74, 6) is 1.36. The van der Waals surface area contributed by atoms with Crippen LogP contribution in [0.3, 0.4) is 0 Å². The summed E-state index contributed by atoms with van der Waals surface area (Å²) < 4.78 is 7.13. The fourth-order valence-electron chi connectivity index (χ4n) is 1.85. The van der Waals surface area contributed by atoms with Gasteiger partial charge < -0.3 is 15.8 Å². The lowest BCUT2D eigenvalue weighted by Gasteiger charge is -2.22. The second kappa shape index (κ2) is 4.53. The fourth-order valence-corrected chi connectivity index (χ4v) is 1.85. The Morgan fingerprint density at radius 3 is 3.20 bits per heavy atom. The Morgan fingerprint density at radius 1 is 1.73 bits per heavy atom. The molecule has 1 aliphatic rings. The van der Waals surface area contributed by atoms with Crippen molar-refractivity contribution in [2.45, 2.75) is 12.8 Å². The Morgan fingerprint density at radius 2 is 2.60 bits per heavy atom. The number of hydrogen-bond acceptors (Lipinski definition) is 4. The average molecular weight is 210 g/mol. The molecule has 5 heteroatoms. The van der Waals surface area contributed by atoms with Crippen LogP contribution in [-0.4, -0.2) is 29.5 Å². The van der Waals surface area contributed by atoms with E-state index < -0.39 is 0 Å². The molecule has 2 heterocycles. The van der Waals surface area contributed by atoms with Crippen molar-refractivity contribution < 1.29 is 4.74 Å². The Balaban J connectivity index is 1.84. The lowest BCUT2D eigenvalue weighted by Crippen LogP contribution is -2.24. The van der Waals surface area contributed by atoms with Gasteiger partial charge >= 0.3 is 0 Å². The zero-order valence-electron chi connectivity index (χ0n) is 9.07. The van der Waals surface area contributed by atoms with Crippen LogP contribution in [0.25, 0.3) is 0 Å². The molecule has 3 N–H and O–H groups in total. The second-order valence-corrected chi connectivity index (χ2v) is 4.07. The number of ether oxygens (including phenoxy) is 1. The maximum atomic E-state index is 5.78. The van der Waals surface area contributed by atoms with Gasteiger partial charge in [0.25, 0.3) is 0 Å². The van der Waals surface area contributed by atoms with Crippen molar-refractivity contribution >= 4 is 11.5 Å². The zero-order chi connectivity index (χ0) is 10.7. The summed E-state index contributed by atoms with van der Waals surface area (Å²) in [6, 6.07) is 0. The minimum Gasteiger partial charge on any atom is -0.394 e. The summed E-state index contributed by atoms with van der Waals surface area (Å²) in [5, 5.41) is 7.50. The van der Waals surface area contributed by atoms with E-state index in [1.165, 1.54) is 6.42 Å². The molecule has 1 atom stereocenters. The smallest absolute Gasteiger partial charge is 0.171 e. The summed E-state index contributed by atoms with van der Waals surface area (Å²) in [6.07, 6.45) is 4.18. The first-order chi connectivity index (χ1) is 7.25. The van der Waals surface area contributed by atoms with Gasteiger partial charge in [0, 0.05) is 26.4 Å². The van der Waals surface area contributed by atoms with E-state index >= 15 is 0 Å². The molecule has 1 aromatic rings. The number of nitrogens with two attached hydrogens (primary N) is 1. The van der Waals surface area contributed by atoms with Crippen LogP contribution in [0.2, 0.25) is 0 Å². The maximum absolute atomic E-state index is 5.78. The molecular formula is C10H18N4O. The second-order valence-electron chi connectivity index (χ2n) is 4.07. The molecular weight excluding hydrogens is 192 g/mol. The van der Waals surface area contributed by atoms with Crippen molar-refractivity contribution in [2.24, 2.45) is 13.0 Å². The van der Waals surface area contributed by atoms with Crippen LogP contribution in [0.15, 0.2) is 6.20 Å². The summed E-state index contributed by atoms with van der Waals surface area (Å²) in [6.45, 7) is 2.64. The molecule has 2 rings (SSSR count). The molecule has 0 spiro atoms. The van der Waals surface area contributed by atoms with Gasteiger partial charge in [-0.05, 0) is 18.8 Å².